The number of furan rings is 1. The van der Waals surface area contributed by atoms with Gasteiger partial charge < -0.3 is 4.42 Å². The molecule has 1 fully saturated rings. The molecule has 1 aromatic rings. The van der Waals surface area contributed by atoms with Gasteiger partial charge >= 0.3 is 0 Å². The highest BCUT2D eigenvalue weighted by atomic mass is 16.3. The van der Waals surface area contributed by atoms with Crippen LogP contribution in [-0.4, -0.2) is 5.78 Å². The van der Waals surface area contributed by atoms with Crippen LogP contribution in [0.4, 0.5) is 0 Å². The van der Waals surface area contributed by atoms with E-state index in [0.717, 1.165) is 12.2 Å². The first-order chi connectivity index (χ1) is 6.00. The van der Waals surface area contributed by atoms with Crippen molar-refractivity contribution in [2.45, 2.75) is 27.2 Å². The lowest BCUT2D eigenvalue weighted by molar-refractivity contribution is 0.0924. The Balaban J connectivity index is 2.16. The summed E-state index contributed by atoms with van der Waals surface area (Å²) in [5.74, 6) is 1.67. The maximum absolute atomic E-state index is 11.7. The molecule has 0 aliphatic heterocycles. The Morgan fingerprint density at radius 1 is 1.54 bits per heavy atom. The molecule has 1 atom stereocenters. The minimum atomic E-state index is 0.165. The SMILES string of the molecule is Cc1ccc(C(=O)C2CC2(C)C)o1. The zero-order chi connectivity index (χ0) is 9.64. The summed E-state index contributed by atoms with van der Waals surface area (Å²) in [7, 11) is 0. The Hall–Kier alpha value is -1.05. The van der Waals surface area contributed by atoms with E-state index >= 15 is 0 Å². The Bertz CT molecular complexity index is 347. The van der Waals surface area contributed by atoms with Gasteiger partial charge in [0.1, 0.15) is 5.76 Å². The zero-order valence-corrected chi connectivity index (χ0v) is 8.26. The summed E-state index contributed by atoms with van der Waals surface area (Å²) in [6, 6.07) is 3.61. The number of ketones is 1. The first kappa shape index (κ1) is 8.54. The molecule has 1 aliphatic carbocycles. The fourth-order valence-corrected chi connectivity index (χ4v) is 1.65. The van der Waals surface area contributed by atoms with Crippen molar-refractivity contribution >= 4 is 5.78 Å². The molecule has 0 saturated heterocycles. The second-order valence-corrected chi connectivity index (χ2v) is 4.52. The lowest BCUT2D eigenvalue weighted by atomic mass is 10.1. The van der Waals surface area contributed by atoms with E-state index in [1.54, 1.807) is 6.07 Å². The number of rotatable bonds is 2. The van der Waals surface area contributed by atoms with Crippen LogP contribution in [0.15, 0.2) is 16.5 Å². The van der Waals surface area contributed by atoms with Crippen molar-refractivity contribution in [3.63, 3.8) is 0 Å². The van der Waals surface area contributed by atoms with Crippen molar-refractivity contribution < 1.29 is 9.21 Å². The Morgan fingerprint density at radius 2 is 2.15 bits per heavy atom. The van der Waals surface area contributed by atoms with Crippen LogP contribution in [0, 0.1) is 18.3 Å². The van der Waals surface area contributed by atoms with E-state index < -0.39 is 0 Å². The van der Waals surface area contributed by atoms with Gasteiger partial charge in [-0.25, -0.2) is 0 Å². The lowest BCUT2D eigenvalue weighted by Gasteiger charge is -1.99. The Labute approximate surface area is 77.9 Å². The molecule has 0 amide bonds. The molecule has 1 heterocycles. The third-order valence-electron chi connectivity index (χ3n) is 2.81. The van der Waals surface area contributed by atoms with Gasteiger partial charge in [0.15, 0.2) is 5.76 Å². The predicted molar refractivity (Wildman–Crippen MR) is 49.7 cm³/mol. The average molecular weight is 178 g/mol. The van der Waals surface area contributed by atoms with Gasteiger partial charge in [0.05, 0.1) is 0 Å². The van der Waals surface area contributed by atoms with Crippen molar-refractivity contribution in [1.29, 1.82) is 0 Å². The molecule has 1 aliphatic rings. The highest BCUT2D eigenvalue weighted by molar-refractivity contribution is 5.97. The summed E-state index contributed by atoms with van der Waals surface area (Å²) >= 11 is 0. The fourth-order valence-electron chi connectivity index (χ4n) is 1.65. The number of carbonyl (C=O) groups is 1. The largest absolute Gasteiger partial charge is 0.458 e. The molecule has 0 spiro atoms. The standard InChI is InChI=1S/C11H14O2/c1-7-4-5-9(13-7)10(12)8-6-11(8,2)3/h4-5,8H,6H2,1-3H3. The maximum atomic E-state index is 11.7. The molecule has 1 saturated carbocycles. The van der Waals surface area contributed by atoms with Crippen molar-refractivity contribution in [1.82, 2.24) is 0 Å². The molecule has 1 aromatic heterocycles. The average Bonchev–Trinajstić information content (AvgIpc) is 2.47. The van der Waals surface area contributed by atoms with E-state index in [2.05, 4.69) is 13.8 Å². The van der Waals surface area contributed by atoms with E-state index in [1.165, 1.54) is 0 Å². The van der Waals surface area contributed by atoms with Crippen LogP contribution in [0.2, 0.25) is 0 Å². The van der Waals surface area contributed by atoms with Crippen molar-refractivity contribution in [2.24, 2.45) is 11.3 Å². The van der Waals surface area contributed by atoms with Crippen LogP contribution in [0.25, 0.3) is 0 Å². The van der Waals surface area contributed by atoms with Gasteiger partial charge in [-0.3, -0.25) is 4.79 Å². The van der Waals surface area contributed by atoms with Gasteiger partial charge in [-0.15, -0.1) is 0 Å². The van der Waals surface area contributed by atoms with E-state index in [-0.39, 0.29) is 17.1 Å². The van der Waals surface area contributed by atoms with Gasteiger partial charge in [0, 0.05) is 5.92 Å². The van der Waals surface area contributed by atoms with E-state index in [9.17, 15) is 4.79 Å². The number of aryl methyl sites for hydroxylation is 1. The van der Waals surface area contributed by atoms with Crippen molar-refractivity contribution in [3.8, 4) is 0 Å². The molecule has 0 radical (unpaired) electrons. The van der Waals surface area contributed by atoms with Crippen LogP contribution in [-0.2, 0) is 0 Å². The monoisotopic (exact) mass is 178 g/mol. The molecular weight excluding hydrogens is 164 g/mol. The highest BCUT2D eigenvalue weighted by Crippen LogP contribution is 2.53. The highest BCUT2D eigenvalue weighted by Gasteiger charge is 2.51. The normalized spacial score (nSPS) is 24.4. The van der Waals surface area contributed by atoms with Gasteiger partial charge in [0.25, 0.3) is 0 Å². The van der Waals surface area contributed by atoms with Crippen LogP contribution < -0.4 is 0 Å². The second kappa shape index (κ2) is 2.47. The second-order valence-electron chi connectivity index (χ2n) is 4.52. The molecule has 2 nitrogen and oxygen atoms in total. The number of Topliss-reactive ketones (excluding diaryl/α,β-unsaturated/α-hetero) is 1. The summed E-state index contributed by atoms with van der Waals surface area (Å²) in [5, 5.41) is 0. The summed E-state index contributed by atoms with van der Waals surface area (Å²) in [6.45, 7) is 6.09. The van der Waals surface area contributed by atoms with Crippen LogP contribution in [0.5, 0.6) is 0 Å². The van der Waals surface area contributed by atoms with E-state index in [4.69, 9.17) is 4.42 Å². The minimum Gasteiger partial charge on any atom is -0.458 e. The molecule has 2 heteroatoms. The number of hydrogen-bond donors (Lipinski definition) is 0. The molecule has 2 rings (SSSR count). The first-order valence-corrected chi connectivity index (χ1v) is 4.61. The lowest BCUT2D eigenvalue weighted by Crippen LogP contribution is -2.04. The molecule has 1 unspecified atom stereocenters. The molecule has 0 N–H and O–H groups in total. The molecule has 0 aromatic carbocycles. The smallest absolute Gasteiger partial charge is 0.201 e. The van der Waals surface area contributed by atoms with Crippen molar-refractivity contribution in [3.05, 3.63) is 23.7 Å². The molecule has 70 valence electrons. The number of hydrogen-bond acceptors (Lipinski definition) is 2. The molecule has 13 heavy (non-hydrogen) atoms. The van der Waals surface area contributed by atoms with Crippen LogP contribution in [0.1, 0.15) is 36.6 Å². The number of carbonyl (C=O) groups excluding carboxylic acids is 1. The van der Waals surface area contributed by atoms with E-state index in [1.807, 2.05) is 13.0 Å². The molecular formula is C11H14O2. The first-order valence-electron chi connectivity index (χ1n) is 4.61. The van der Waals surface area contributed by atoms with Gasteiger partial charge in [-0.1, -0.05) is 13.8 Å². The Kier molecular flexibility index (Phi) is 1.62. The fraction of sp³-hybridized carbons (Fsp3) is 0.545. The minimum absolute atomic E-state index is 0.165. The topological polar surface area (TPSA) is 30.2 Å². The summed E-state index contributed by atoms with van der Waals surface area (Å²) in [6.07, 6.45) is 0.992. The summed E-state index contributed by atoms with van der Waals surface area (Å²) in [5.41, 5.74) is 0.192. The van der Waals surface area contributed by atoms with Crippen LogP contribution >= 0.6 is 0 Å². The summed E-state index contributed by atoms with van der Waals surface area (Å²) < 4.78 is 5.29. The van der Waals surface area contributed by atoms with E-state index in [0.29, 0.717) is 5.76 Å². The van der Waals surface area contributed by atoms with Gasteiger partial charge in [0.2, 0.25) is 5.78 Å². The summed E-state index contributed by atoms with van der Waals surface area (Å²) in [4.78, 5) is 11.7. The van der Waals surface area contributed by atoms with Gasteiger partial charge in [-0.2, -0.15) is 0 Å². The van der Waals surface area contributed by atoms with Crippen LogP contribution in [0.3, 0.4) is 0 Å². The third kappa shape index (κ3) is 1.41. The van der Waals surface area contributed by atoms with Gasteiger partial charge in [-0.05, 0) is 30.9 Å². The van der Waals surface area contributed by atoms with Crippen molar-refractivity contribution in [2.75, 3.05) is 0 Å². The predicted octanol–water partition coefficient (Wildman–Crippen LogP) is 2.82. The Morgan fingerprint density at radius 3 is 2.54 bits per heavy atom. The zero-order valence-electron chi connectivity index (χ0n) is 8.26. The quantitative estimate of drug-likeness (QED) is 0.652. The maximum Gasteiger partial charge on any atom is 0.201 e. The third-order valence-corrected chi connectivity index (χ3v) is 2.81. The molecule has 0 bridgehead atoms.